The quantitative estimate of drug-likeness (QED) is 0.275. The van der Waals surface area contributed by atoms with Gasteiger partial charge >= 0.3 is 6.03 Å². The molecule has 3 N–H and O–H groups in total. The van der Waals surface area contributed by atoms with Gasteiger partial charge in [0, 0.05) is 23.7 Å². The topological polar surface area (TPSA) is 96.2 Å². The van der Waals surface area contributed by atoms with Crippen LogP contribution in [0.5, 0.6) is 5.75 Å². The standard InChI is InChI=1S/C28H25ClN4O3/c29-23-12-5-4-11-21(23)27(35)31-20-13-14-26(34)22(15-20)24-16-25(19-9-6-10-19)33(32-24)28(36)30-17-18-7-2-1-3-8-18/h1-5,7-8,11-16,19,34H,6,9-10,17H2,(H,30,36)(H,31,35). The number of carbonyl (C=O) groups excluding carboxylic acids is 2. The molecule has 0 unspecified atom stereocenters. The average Bonchev–Trinajstić information content (AvgIpc) is 3.28. The first-order valence-electron chi connectivity index (χ1n) is 11.8. The Morgan fingerprint density at radius 3 is 2.47 bits per heavy atom. The molecule has 0 atom stereocenters. The van der Waals surface area contributed by atoms with Crippen LogP contribution in [-0.2, 0) is 6.54 Å². The van der Waals surface area contributed by atoms with Gasteiger partial charge in [0.25, 0.3) is 5.91 Å². The summed E-state index contributed by atoms with van der Waals surface area (Å²) in [5.74, 6) is -0.127. The maximum Gasteiger partial charge on any atom is 0.342 e. The molecular weight excluding hydrogens is 476 g/mol. The summed E-state index contributed by atoms with van der Waals surface area (Å²) in [5, 5.41) is 21.3. The molecule has 182 valence electrons. The highest BCUT2D eigenvalue weighted by Gasteiger charge is 2.27. The number of nitrogens with one attached hydrogen (secondary N) is 2. The van der Waals surface area contributed by atoms with Crippen molar-refractivity contribution in [2.24, 2.45) is 0 Å². The second-order valence-electron chi connectivity index (χ2n) is 8.80. The van der Waals surface area contributed by atoms with Crippen molar-refractivity contribution in [1.29, 1.82) is 0 Å². The lowest BCUT2D eigenvalue weighted by Crippen LogP contribution is -2.31. The normalized spacial score (nSPS) is 13.1. The van der Waals surface area contributed by atoms with Gasteiger partial charge < -0.3 is 15.7 Å². The molecule has 0 bridgehead atoms. The largest absolute Gasteiger partial charge is 0.507 e. The van der Waals surface area contributed by atoms with Crippen LogP contribution in [0.1, 0.15) is 46.8 Å². The Hall–Kier alpha value is -4.10. The smallest absolute Gasteiger partial charge is 0.342 e. The number of phenolic OH excluding ortho intramolecular Hbond substituents is 1. The Morgan fingerprint density at radius 1 is 1.00 bits per heavy atom. The van der Waals surface area contributed by atoms with Crippen LogP contribution >= 0.6 is 11.6 Å². The highest BCUT2D eigenvalue weighted by molar-refractivity contribution is 6.34. The van der Waals surface area contributed by atoms with E-state index in [4.69, 9.17) is 11.6 Å². The monoisotopic (exact) mass is 500 g/mol. The zero-order valence-electron chi connectivity index (χ0n) is 19.4. The summed E-state index contributed by atoms with van der Waals surface area (Å²) in [6.07, 6.45) is 3.07. The van der Waals surface area contributed by atoms with Crippen LogP contribution in [0.15, 0.2) is 78.9 Å². The molecule has 7 nitrogen and oxygen atoms in total. The van der Waals surface area contributed by atoms with Gasteiger partial charge in [-0.3, -0.25) is 4.79 Å². The maximum atomic E-state index is 13.1. The number of anilines is 1. The molecule has 0 aliphatic heterocycles. The van der Waals surface area contributed by atoms with E-state index in [0.29, 0.717) is 34.1 Å². The predicted octanol–water partition coefficient (Wildman–Crippen LogP) is 6.19. The van der Waals surface area contributed by atoms with Crippen LogP contribution in [0, 0.1) is 0 Å². The van der Waals surface area contributed by atoms with E-state index in [1.165, 1.54) is 10.7 Å². The molecular formula is C28H25ClN4O3. The van der Waals surface area contributed by atoms with Gasteiger partial charge in [-0.2, -0.15) is 9.78 Å². The third-order valence-corrected chi connectivity index (χ3v) is 6.72. The molecule has 1 aliphatic rings. The molecule has 1 fully saturated rings. The summed E-state index contributed by atoms with van der Waals surface area (Å²) in [6, 6.07) is 22.7. The van der Waals surface area contributed by atoms with Crippen molar-refractivity contribution in [2.45, 2.75) is 31.7 Å². The number of amides is 2. The van der Waals surface area contributed by atoms with Crippen molar-refractivity contribution in [3.05, 3.63) is 101 Å². The minimum Gasteiger partial charge on any atom is -0.507 e. The first kappa shape index (κ1) is 23.6. The molecule has 0 saturated heterocycles. The Kier molecular flexibility index (Phi) is 6.73. The van der Waals surface area contributed by atoms with Gasteiger partial charge in [0.15, 0.2) is 0 Å². The van der Waals surface area contributed by atoms with E-state index in [0.717, 1.165) is 30.5 Å². The molecule has 0 radical (unpaired) electrons. The summed E-state index contributed by atoms with van der Waals surface area (Å²) < 4.78 is 1.40. The molecule has 1 saturated carbocycles. The highest BCUT2D eigenvalue weighted by atomic mass is 35.5. The summed E-state index contributed by atoms with van der Waals surface area (Å²) in [6.45, 7) is 0.383. The van der Waals surface area contributed by atoms with Gasteiger partial charge in [0.05, 0.1) is 22.0 Å². The molecule has 8 heteroatoms. The fraction of sp³-hybridized carbons (Fsp3) is 0.179. The molecule has 3 aromatic carbocycles. The number of carbonyl (C=O) groups is 2. The van der Waals surface area contributed by atoms with E-state index >= 15 is 0 Å². The number of phenols is 1. The molecule has 0 spiro atoms. The van der Waals surface area contributed by atoms with Gasteiger partial charge in [0.2, 0.25) is 0 Å². The van der Waals surface area contributed by atoms with Crippen LogP contribution in [0.25, 0.3) is 11.3 Å². The molecule has 5 rings (SSSR count). The number of hydrogen-bond donors (Lipinski definition) is 3. The lowest BCUT2D eigenvalue weighted by Gasteiger charge is -2.25. The van der Waals surface area contributed by atoms with E-state index in [-0.39, 0.29) is 23.6 Å². The van der Waals surface area contributed by atoms with Gasteiger partial charge in [-0.05, 0) is 54.8 Å². The summed E-state index contributed by atoms with van der Waals surface area (Å²) in [4.78, 5) is 25.8. The molecule has 2 amide bonds. The Labute approximate surface area is 213 Å². The third kappa shape index (κ3) is 4.97. The first-order valence-corrected chi connectivity index (χ1v) is 12.2. The van der Waals surface area contributed by atoms with Gasteiger partial charge in [-0.25, -0.2) is 4.79 Å². The molecule has 1 aliphatic carbocycles. The zero-order chi connectivity index (χ0) is 25.1. The van der Waals surface area contributed by atoms with Crippen LogP contribution in [0.2, 0.25) is 5.02 Å². The fourth-order valence-electron chi connectivity index (χ4n) is 4.20. The summed E-state index contributed by atoms with van der Waals surface area (Å²) in [7, 11) is 0. The highest BCUT2D eigenvalue weighted by Crippen LogP contribution is 2.39. The van der Waals surface area contributed by atoms with E-state index in [1.807, 2.05) is 36.4 Å². The Bertz CT molecular complexity index is 1410. The Morgan fingerprint density at radius 2 is 1.75 bits per heavy atom. The van der Waals surface area contributed by atoms with Crippen LogP contribution < -0.4 is 10.6 Å². The van der Waals surface area contributed by atoms with Crippen LogP contribution in [-0.4, -0.2) is 26.8 Å². The van der Waals surface area contributed by atoms with E-state index in [1.54, 1.807) is 36.4 Å². The van der Waals surface area contributed by atoms with E-state index in [9.17, 15) is 14.7 Å². The van der Waals surface area contributed by atoms with Crippen molar-refractivity contribution in [1.82, 2.24) is 15.1 Å². The van der Waals surface area contributed by atoms with Gasteiger partial charge in [-0.1, -0.05) is 60.5 Å². The van der Waals surface area contributed by atoms with Crippen molar-refractivity contribution < 1.29 is 14.7 Å². The molecule has 4 aromatic rings. The molecule has 1 aromatic heterocycles. The minimum absolute atomic E-state index is 0.000227. The van der Waals surface area contributed by atoms with Gasteiger partial charge in [-0.15, -0.1) is 0 Å². The van der Waals surface area contributed by atoms with Crippen molar-refractivity contribution >= 4 is 29.2 Å². The number of aromatic nitrogens is 2. The van der Waals surface area contributed by atoms with Crippen LogP contribution in [0.3, 0.4) is 0 Å². The lowest BCUT2D eigenvalue weighted by molar-refractivity contribution is 0.102. The van der Waals surface area contributed by atoms with Crippen molar-refractivity contribution in [3.8, 4) is 17.0 Å². The van der Waals surface area contributed by atoms with E-state index in [2.05, 4.69) is 15.7 Å². The second kappa shape index (κ2) is 10.3. The third-order valence-electron chi connectivity index (χ3n) is 6.39. The second-order valence-corrected chi connectivity index (χ2v) is 9.21. The average molecular weight is 501 g/mol. The molecule has 1 heterocycles. The number of benzene rings is 3. The minimum atomic E-state index is -0.363. The SMILES string of the molecule is O=C(Nc1ccc(O)c(-c2cc(C3CCC3)n(C(=O)NCc3ccccc3)n2)c1)c1ccccc1Cl. The molecule has 36 heavy (non-hydrogen) atoms. The van der Waals surface area contributed by atoms with E-state index < -0.39 is 0 Å². The Balaban J connectivity index is 1.41. The number of nitrogens with zero attached hydrogens (tertiary/aromatic N) is 2. The fourth-order valence-corrected chi connectivity index (χ4v) is 4.42. The zero-order valence-corrected chi connectivity index (χ0v) is 20.2. The van der Waals surface area contributed by atoms with Crippen LogP contribution in [0.4, 0.5) is 10.5 Å². The summed E-state index contributed by atoms with van der Waals surface area (Å²) >= 11 is 6.15. The number of rotatable bonds is 6. The van der Waals surface area contributed by atoms with Gasteiger partial charge in [0.1, 0.15) is 5.75 Å². The number of hydrogen-bond acceptors (Lipinski definition) is 4. The number of aromatic hydroxyl groups is 1. The van der Waals surface area contributed by atoms with Crippen molar-refractivity contribution in [2.75, 3.05) is 5.32 Å². The lowest BCUT2D eigenvalue weighted by atomic mass is 9.82. The van der Waals surface area contributed by atoms with Crippen molar-refractivity contribution in [3.63, 3.8) is 0 Å². The predicted molar refractivity (Wildman–Crippen MR) is 139 cm³/mol. The summed E-state index contributed by atoms with van der Waals surface area (Å²) in [5.41, 5.74) is 3.50. The number of halogens is 1. The first-order chi connectivity index (χ1) is 17.5. The maximum absolute atomic E-state index is 13.1.